The van der Waals surface area contributed by atoms with Crippen LogP contribution in [0.2, 0.25) is 0 Å². The van der Waals surface area contributed by atoms with Crippen molar-refractivity contribution in [2.75, 3.05) is 13.7 Å². The number of hydrogen-bond acceptors (Lipinski definition) is 3. The van der Waals surface area contributed by atoms with E-state index in [-0.39, 0.29) is 5.91 Å². The van der Waals surface area contributed by atoms with Crippen molar-refractivity contribution >= 4 is 18.0 Å². The third-order valence-electron chi connectivity index (χ3n) is 1.88. The lowest BCUT2D eigenvalue weighted by Crippen LogP contribution is -2.19. The van der Waals surface area contributed by atoms with Crippen molar-refractivity contribution in [1.29, 1.82) is 0 Å². The highest BCUT2D eigenvalue weighted by Gasteiger charge is 2.05. The summed E-state index contributed by atoms with van der Waals surface area (Å²) < 4.78 is 4.56. The molecule has 0 fully saturated rings. The molecule has 0 atom stereocenters. The minimum atomic E-state index is -0.401. The topological polar surface area (TPSA) is 71.2 Å². The van der Waals surface area contributed by atoms with Crippen LogP contribution in [0.25, 0.3) is 6.08 Å². The molecule has 5 heteroatoms. The fourth-order valence-electron chi connectivity index (χ4n) is 1.13. The van der Waals surface area contributed by atoms with Crippen molar-refractivity contribution in [1.82, 2.24) is 10.3 Å². The standard InChI is InChI=1S/C11H14N2O3/c1-8(14)12-7-3-4-9-5-6-10(13-9)11(15)16-2/h3-6,13H,7H2,1-2H3,(H,12,14). The van der Waals surface area contributed by atoms with E-state index >= 15 is 0 Å². The SMILES string of the molecule is COC(=O)c1ccc(C=CCNC(C)=O)[nH]1. The van der Waals surface area contributed by atoms with Crippen LogP contribution in [0.15, 0.2) is 18.2 Å². The van der Waals surface area contributed by atoms with Gasteiger partial charge in [-0.3, -0.25) is 4.79 Å². The maximum absolute atomic E-state index is 11.1. The van der Waals surface area contributed by atoms with E-state index in [9.17, 15) is 9.59 Å². The van der Waals surface area contributed by atoms with Crippen molar-refractivity contribution in [2.45, 2.75) is 6.92 Å². The normalized spacial score (nSPS) is 10.4. The van der Waals surface area contributed by atoms with Gasteiger partial charge in [-0.05, 0) is 18.2 Å². The van der Waals surface area contributed by atoms with Crippen LogP contribution in [-0.2, 0) is 9.53 Å². The van der Waals surface area contributed by atoms with E-state index in [4.69, 9.17) is 0 Å². The number of amides is 1. The van der Waals surface area contributed by atoms with Crippen LogP contribution in [-0.4, -0.2) is 30.5 Å². The molecule has 1 rings (SSSR count). The van der Waals surface area contributed by atoms with Crippen LogP contribution in [0.5, 0.6) is 0 Å². The lowest BCUT2D eigenvalue weighted by molar-refractivity contribution is -0.118. The van der Waals surface area contributed by atoms with Crippen LogP contribution in [0.3, 0.4) is 0 Å². The molecular weight excluding hydrogens is 208 g/mol. The molecule has 0 aliphatic rings. The van der Waals surface area contributed by atoms with Crippen molar-refractivity contribution in [3.05, 3.63) is 29.6 Å². The Morgan fingerprint density at radius 3 is 2.88 bits per heavy atom. The average Bonchev–Trinajstić information content (AvgIpc) is 2.71. The van der Waals surface area contributed by atoms with E-state index in [0.717, 1.165) is 5.69 Å². The summed E-state index contributed by atoms with van der Waals surface area (Å²) in [6.45, 7) is 1.92. The van der Waals surface area contributed by atoms with Gasteiger partial charge in [-0.25, -0.2) is 4.79 Å². The number of nitrogens with one attached hydrogen (secondary N) is 2. The van der Waals surface area contributed by atoms with Crippen LogP contribution < -0.4 is 5.32 Å². The highest BCUT2D eigenvalue weighted by atomic mass is 16.5. The molecule has 0 unspecified atom stereocenters. The molecule has 0 aliphatic heterocycles. The van der Waals surface area contributed by atoms with Gasteiger partial charge in [-0.2, -0.15) is 0 Å². The summed E-state index contributed by atoms with van der Waals surface area (Å²) in [5, 5.41) is 2.63. The van der Waals surface area contributed by atoms with Crippen molar-refractivity contribution < 1.29 is 14.3 Å². The van der Waals surface area contributed by atoms with E-state index < -0.39 is 5.97 Å². The van der Waals surface area contributed by atoms with E-state index in [1.807, 2.05) is 0 Å². The summed E-state index contributed by atoms with van der Waals surface area (Å²) in [5.41, 5.74) is 1.19. The largest absolute Gasteiger partial charge is 0.464 e. The third kappa shape index (κ3) is 3.61. The summed E-state index contributed by atoms with van der Waals surface area (Å²) in [5.74, 6) is -0.479. The summed E-state index contributed by atoms with van der Waals surface area (Å²) in [4.78, 5) is 24.6. The Morgan fingerprint density at radius 2 is 2.25 bits per heavy atom. The average molecular weight is 222 g/mol. The maximum Gasteiger partial charge on any atom is 0.354 e. The Morgan fingerprint density at radius 1 is 1.50 bits per heavy atom. The first-order valence-electron chi connectivity index (χ1n) is 4.82. The van der Waals surface area contributed by atoms with Gasteiger partial charge in [-0.15, -0.1) is 0 Å². The number of esters is 1. The van der Waals surface area contributed by atoms with Gasteiger partial charge < -0.3 is 15.0 Å². The smallest absolute Gasteiger partial charge is 0.354 e. The summed E-state index contributed by atoms with van der Waals surface area (Å²) in [7, 11) is 1.33. The quantitative estimate of drug-likeness (QED) is 0.745. The number of carbonyl (C=O) groups is 2. The lowest BCUT2D eigenvalue weighted by Gasteiger charge is -1.94. The second-order valence-electron chi connectivity index (χ2n) is 3.16. The number of ether oxygens (including phenoxy) is 1. The van der Waals surface area contributed by atoms with Gasteiger partial charge >= 0.3 is 5.97 Å². The highest BCUT2D eigenvalue weighted by Crippen LogP contribution is 2.04. The Kier molecular flexibility index (Phi) is 4.32. The zero-order valence-corrected chi connectivity index (χ0v) is 9.24. The van der Waals surface area contributed by atoms with Crippen LogP contribution >= 0.6 is 0 Å². The molecule has 1 amide bonds. The second-order valence-corrected chi connectivity index (χ2v) is 3.16. The van der Waals surface area contributed by atoms with E-state index in [1.165, 1.54) is 14.0 Å². The molecule has 0 saturated heterocycles. The molecule has 0 aromatic carbocycles. The zero-order chi connectivity index (χ0) is 12.0. The van der Waals surface area contributed by atoms with Crippen LogP contribution in [0, 0.1) is 0 Å². The van der Waals surface area contributed by atoms with E-state index in [0.29, 0.717) is 12.2 Å². The fourth-order valence-corrected chi connectivity index (χ4v) is 1.13. The first-order chi connectivity index (χ1) is 7.63. The Balaban J connectivity index is 2.52. The number of hydrogen-bond donors (Lipinski definition) is 2. The summed E-state index contributed by atoms with van der Waals surface area (Å²) in [6, 6.07) is 3.40. The molecule has 1 heterocycles. The van der Waals surface area contributed by atoms with Gasteiger partial charge in [0.25, 0.3) is 0 Å². The van der Waals surface area contributed by atoms with Gasteiger partial charge in [0, 0.05) is 19.2 Å². The van der Waals surface area contributed by atoms with Gasteiger partial charge in [0.1, 0.15) is 5.69 Å². The van der Waals surface area contributed by atoms with Gasteiger partial charge in [0.15, 0.2) is 0 Å². The van der Waals surface area contributed by atoms with Crippen LogP contribution in [0.1, 0.15) is 23.1 Å². The first kappa shape index (κ1) is 12.0. The number of carbonyl (C=O) groups excluding carboxylic acids is 2. The number of aromatic nitrogens is 1. The van der Waals surface area contributed by atoms with Gasteiger partial charge in [-0.1, -0.05) is 6.08 Å². The Labute approximate surface area is 93.5 Å². The number of methoxy groups -OCH3 is 1. The molecule has 86 valence electrons. The monoisotopic (exact) mass is 222 g/mol. The lowest BCUT2D eigenvalue weighted by atomic mass is 10.4. The minimum Gasteiger partial charge on any atom is -0.464 e. The van der Waals surface area contributed by atoms with E-state index in [1.54, 1.807) is 24.3 Å². The van der Waals surface area contributed by atoms with E-state index in [2.05, 4.69) is 15.0 Å². The fraction of sp³-hybridized carbons (Fsp3) is 0.273. The molecule has 0 radical (unpaired) electrons. The minimum absolute atomic E-state index is 0.0774. The number of H-pyrrole nitrogens is 1. The van der Waals surface area contributed by atoms with Gasteiger partial charge in [0.2, 0.25) is 5.91 Å². The second kappa shape index (κ2) is 5.75. The molecule has 2 N–H and O–H groups in total. The molecular formula is C11H14N2O3. The van der Waals surface area contributed by atoms with Crippen molar-refractivity contribution in [3.8, 4) is 0 Å². The molecule has 1 aromatic heterocycles. The Hall–Kier alpha value is -2.04. The molecule has 1 aromatic rings. The number of aromatic amines is 1. The zero-order valence-electron chi connectivity index (χ0n) is 9.24. The third-order valence-corrected chi connectivity index (χ3v) is 1.88. The van der Waals surface area contributed by atoms with Gasteiger partial charge in [0.05, 0.1) is 7.11 Å². The highest BCUT2D eigenvalue weighted by molar-refractivity contribution is 5.87. The summed E-state index contributed by atoms with van der Waals surface area (Å²) >= 11 is 0. The predicted octanol–water partition coefficient (Wildman–Crippen LogP) is 0.951. The summed E-state index contributed by atoms with van der Waals surface area (Å²) in [6.07, 6.45) is 3.57. The van der Waals surface area contributed by atoms with Crippen molar-refractivity contribution in [3.63, 3.8) is 0 Å². The molecule has 0 saturated carbocycles. The molecule has 0 spiro atoms. The van der Waals surface area contributed by atoms with Crippen LogP contribution in [0.4, 0.5) is 0 Å². The number of rotatable bonds is 4. The maximum atomic E-state index is 11.1. The van der Waals surface area contributed by atoms with Crippen molar-refractivity contribution in [2.24, 2.45) is 0 Å². The first-order valence-corrected chi connectivity index (χ1v) is 4.82. The molecule has 0 aliphatic carbocycles. The molecule has 0 bridgehead atoms. The predicted molar refractivity (Wildman–Crippen MR) is 59.8 cm³/mol. The molecule has 5 nitrogen and oxygen atoms in total. The Bertz CT molecular complexity index is 407. The molecule has 16 heavy (non-hydrogen) atoms.